The van der Waals surface area contributed by atoms with Crippen LogP contribution in [-0.2, 0) is 4.74 Å². The molecular weight excluding hydrogens is 342 g/mol. The van der Waals surface area contributed by atoms with Gasteiger partial charge < -0.3 is 19.9 Å². The molecule has 0 unspecified atom stereocenters. The summed E-state index contributed by atoms with van der Waals surface area (Å²) in [7, 11) is 0. The Hall–Kier alpha value is -3.02. The van der Waals surface area contributed by atoms with Crippen LogP contribution in [0.25, 0.3) is 0 Å². The number of anilines is 2. The molecule has 1 N–H and O–H groups in total. The molecular formula is C21H25N3O3. The topological polar surface area (TPSA) is 61.9 Å². The minimum Gasteiger partial charge on any atom is -0.462 e. The highest BCUT2D eigenvalue weighted by atomic mass is 16.5. The Kier molecular flexibility index (Phi) is 5.96. The summed E-state index contributed by atoms with van der Waals surface area (Å²) in [6, 6.07) is 15.1. The normalized spacial score (nSPS) is 14.0. The minimum absolute atomic E-state index is 0.0948. The predicted octanol–water partition coefficient (Wildman–Crippen LogP) is 3.53. The zero-order chi connectivity index (χ0) is 19.2. The molecule has 0 saturated carbocycles. The third-order valence-corrected chi connectivity index (χ3v) is 4.69. The van der Waals surface area contributed by atoms with Crippen LogP contribution in [0.4, 0.5) is 16.2 Å². The molecule has 0 atom stereocenters. The number of piperazine rings is 1. The molecule has 0 radical (unpaired) electrons. The number of aryl methyl sites for hydroxylation is 1. The van der Waals surface area contributed by atoms with Gasteiger partial charge in [0.2, 0.25) is 0 Å². The largest absolute Gasteiger partial charge is 0.462 e. The number of hydrogen-bond acceptors (Lipinski definition) is 4. The van der Waals surface area contributed by atoms with Crippen LogP contribution in [0.2, 0.25) is 0 Å². The number of para-hydroxylation sites is 2. The third-order valence-electron chi connectivity index (χ3n) is 4.69. The Balaban J connectivity index is 1.63. The Morgan fingerprint density at radius 1 is 1.00 bits per heavy atom. The van der Waals surface area contributed by atoms with Crippen LogP contribution in [0.15, 0.2) is 48.5 Å². The molecule has 142 valence electrons. The number of nitrogens with zero attached hydrogens (tertiary/aromatic N) is 2. The summed E-state index contributed by atoms with van der Waals surface area (Å²) < 4.78 is 5.16. The molecule has 0 aliphatic carbocycles. The number of carbonyl (C=O) groups is 2. The van der Waals surface area contributed by atoms with Gasteiger partial charge >= 0.3 is 12.0 Å². The van der Waals surface area contributed by atoms with Crippen molar-refractivity contribution in [3.8, 4) is 0 Å². The first-order valence-electron chi connectivity index (χ1n) is 9.22. The summed E-state index contributed by atoms with van der Waals surface area (Å²) in [5.41, 5.74) is 3.29. The number of esters is 1. The second-order valence-electron chi connectivity index (χ2n) is 6.46. The van der Waals surface area contributed by atoms with Gasteiger partial charge in [-0.05, 0) is 37.6 Å². The molecule has 1 saturated heterocycles. The van der Waals surface area contributed by atoms with E-state index in [4.69, 9.17) is 4.74 Å². The molecule has 2 aromatic carbocycles. The highest BCUT2D eigenvalue weighted by Crippen LogP contribution is 2.23. The second-order valence-corrected chi connectivity index (χ2v) is 6.46. The van der Waals surface area contributed by atoms with Crippen molar-refractivity contribution < 1.29 is 14.3 Å². The zero-order valence-corrected chi connectivity index (χ0v) is 15.8. The average molecular weight is 367 g/mol. The predicted molar refractivity (Wildman–Crippen MR) is 106 cm³/mol. The van der Waals surface area contributed by atoms with Crippen LogP contribution < -0.4 is 10.2 Å². The molecule has 1 fully saturated rings. The highest BCUT2D eigenvalue weighted by Gasteiger charge is 2.24. The SMILES string of the molecule is CCOC(=O)c1ccccc1N1CCN(C(=O)Nc2ccccc2C)CC1. The summed E-state index contributed by atoms with van der Waals surface area (Å²) in [6.07, 6.45) is 0. The molecule has 6 heteroatoms. The fourth-order valence-corrected chi connectivity index (χ4v) is 3.19. The summed E-state index contributed by atoms with van der Waals surface area (Å²) in [5.74, 6) is -0.312. The molecule has 6 nitrogen and oxygen atoms in total. The first-order chi connectivity index (χ1) is 13.1. The summed E-state index contributed by atoms with van der Waals surface area (Å²) in [4.78, 5) is 28.7. The number of nitrogens with one attached hydrogen (secondary N) is 1. The van der Waals surface area contributed by atoms with Gasteiger partial charge in [-0.25, -0.2) is 9.59 Å². The molecule has 27 heavy (non-hydrogen) atoms. The number of benzene rings is 2. The van der Waals surface area contributed by atoms with Crippen molar-refractivity contribution in [2.24, 2.45) is 0 Å². The summed E-state index contributed by atoms with van der Waals surface area (Å²) in [6.45, 7) is 6.63. The van der Waals surface area contributed by atoms with E-state index in [2.05, 4.69) is 10.2 Å². The van der Waals surface area contributed by atoms with Crippen molar-refractivity contribution in [3.63, 3.8) is 0 Å². The number of ether oxygens (including phenoxy) is 1. The van der Waals surface area contributed by atoms with Crippen molar-refractivity contribution in [2.75, 3.05) is 43.0 Å². The van der Waals surface area contributed by atoms with E-state index in [1.165, 1.54) is 0 Å². The standard InChI is InChI=1S/C21H25N3O3/c1-3-27-20(25)17-9-5-7-11-19(17)23-12-14-24(15-13-23)21(26)22-18-10-6-4-8-16(18)2/h4-11H,3,12-15H2,1-2H3,(H,22,26). The number of urea groups is 1. The van der Waals surface area contributed by atoms with Crippen LogP contribution >= 0.6 is 0 Å². The van der Waals surface area contributed by atoms with Gasteiger partial charge in [0, 0.05) is 31.9 Å². The number of carbonyl (C=O) groups excluding carboxylic acids is 2. The molecule has 0 spiro atoms. The fourth-order valence-electron chi connectivity index (χ4n) is 3.19. The van der Waals surface area contributed by atoms with E-state index in [1.54, 1.807) is 17.9 Å². The number of rotatable bonds is 4. The Bertz CT molecular complexity index is 814. The number of hydrogen-bond donors (Lipinski definition) is 1. The van der Waals surface area contributed by atoms with Gasteiger partial charge in [-0.15, -0.1) is 0 Å². The molecule has 2 aromatic rings. The van der Waals surface area contributed by atoms with Crippen LogP contribution in [-0.4, -0.2) is 49.7 Å². The summed E-state index contributed by atoms with van der Waals surface area (Å²) >= 11 is 0. The van der Waals surface area contributed by atoms with Crippen LogP contribution in [0.3, 0.4) is 0 Å². The lowest BCUT2D eigenvalue weighted by atomic mass is 10.1. The van der Waals surface area contributed by atoms with Gasteiger partial charge in [-0.1, -0.05) is 30.3 Å². The van der Waals surface area contributed by atoms with E-state index in [-0.39, 0.29) is 12.0 Å². The van der Waals surface area contributed by atoms with Gasteiger partial charge in [0.1, 0.15) is 0 Å². The molecule has 0 aromatic heterocycles. The van der Waals surface area contributed by atoms with Crippen LogP contribution in [0.5, 0.6) is 0 Å². The van der Waals surface area contributed by atoms with E-state index in [1.807, 2.05) is 49.4 Å². The first kappa shape index (κ1) is 18.8. The van der Waals surface area contributed by atoms with Gasteiger partial charge in [-0.3, -0.25) is 0 Å². The third kappa shape index (κ3) is 4.39. The lowest BCUT2D eigenvalue weighted by Crippen LogP contribution is -2.50. The molecule has 3 rings (SSSR count). The van der Waals surface area contributed by atoms with Crippen molar-refractivity contribution in [1.82, 2.24) is 4.90 Å². The second kappa shape index (κ2) is 8.58. The van der Waals surface area contributed by atoms with Crippen LogP contribution in [0, 0.1) is 6.92 Å². The average Bonchev–Trinajstić information content (AvgIpc) is 2.70. The van der Waals surface area contributed by atoms with E-state index in [9.17, 15) is 9.59 Å². The maximum absolute atomic E-state index is 12.5. The first-order valence-corrected chi connectivity index (χ1v) is 9.22. The van der Waals surface area contributed by atoms with E-state index in [0.717, 1.165) is 16.9 Å². The Morgan fingerprint density at radius 2 is 1.67 bits per heavy atom. The van der Waals surface area contributed by atoms with Gasteiger partial charge in [-0.2, -0.15) is 0 Å². The van der Waals surface area contributed by atoms with Crippen molar-refractivity contribution >= 4 is 23.4 Å². The highest BCUT2D eigenvalue weighted by molar-refractivity contribution is 5.96. The summed E-state index contributed by atoms with van der Waals surface area (Å²) in [5, 5.41) is 2.98. The lowest BCUT2D eigenvalue weighted by Gasteiger charge is -2.36. The molecule has 1 aliphatic rings. The van der Waals surface area contributed by atoms with Gasteiger partial charge in [0.05, 0.1) is 17.9 Å². The minimum atomic E-state index is -0.312. The van der Waals surface area contributed by atoms with Crippen LogP contribution in [0.1, 0.15) is 22.8 Å². The lowest BCUT2D eigenvalue weighted by molar-refractivity contribution is 0.0527. The van der Waals surface area contributed by atoms with E-state index >= 15 is 0 Å². The molecule has 1 aliphatic heterocycles. The molecule has 0 bridgehead atoms. The van der Waals surface area contributed by atoms with Crippen molar-refractivity contribution in [2.45, 2.75) is 13.8 Å². The van der Waals surface area contributed by atoms with Gasteiger partial charge in [0.25, 0.3) is 0 Å². The molecule has 2 amide bonds. The maximum Gasteiger partial charge on any atom is 0.340 e. The smallest absolute Gasteiger partial charge is 0.340 e. The molecule has 1 heterocycles. The van der Waals surface area contributed by atoms with Crippen molar-refractivity contribution in [3.05, 3.63) is 59.7 Å². The Morgan fingerprint density at radius 3 is 2.37 bits per heavy atom. The van der Waals surface area contributed by atoms with Crippen molar-refractivity contribution in [1.29, 1.82) is 0 Å². The van der Waals surface area contributed by atoms with E-state index in [0.29, 0.717) is 38.3 Å². The van der Waals surface area contributed by atoms with Gasteiger partial charge in [0.15, 0.2) is 0 Å². The number of amides is 2. The fraction of sp³-hybridized carbons (Fsp3) is 0.333. The van der Waals surface area contributed by atoms with E-state index < -0.39 is 0 Å². The Labute approximate surface area is 159 Å². The monoisotopic (exact) mass is 367 g/mol. The maximum atomic E-state index is 12.5. The zero-order valence-electron chi connectivity index (χ0n) is 15.8. The quantitative estimate of drug-likeness (QED) is 0.840.